The first-order valence-corrected chi connectivity index (χ1v) is 8.69. The number of para-hydroxylation sites is 1. The summed E-state index contributed by atoms with van der Waals surface area (Å²) in [6.45, 7) is 1.69. The first-order valence-electron chi connectivity index (χ1n) is 8.32. The molecule has 1 aromatic heterocycles. The van der Waals surface area contributed by atoms with Gasteiger partial charge in [0, 0.05) is 18.1 Å². The molecule has 3 rings (SSSR count). The van der Waals surface area contributed by atoms with Crippen LogP contribution < -0.4 is 10.1 Å². The van der Waals surface area contributed by atoms with Gasteiger partial charge in [0.1, 0.15) is 5.75 Å². The Bertz CT molecular complexity index is 867. The molecule has 2 aromatic carbocycles. The average Bonchev–Trinajstić information content (AvgIpc) is 2.66. The minimum Gasteiger partial charge on any atom is -0.479 e. The van der Waals surface area contributed by atoms with Crippen molar-refractivity contribution in [2.75, 3.05) is 5.32 Å². The Hall–Kier alpha value is -2.85. The van der Waals surface area contributed by atoms with Crippen LogP contribution in [0.15, 0.2) is 73.1 Å². The molecule has 132 valence electrons. The summed E-state index contributed by atoms with van der Waals surface area (Å²) < 4.78 is 5.63. The fourth-order valence-electron chi connectivity index (χ4n) is 2.47. The number of nitrogens with zero attached hydrogens (tertiary/aromatic N) is 1. The summed E-state index contributed by atoms with van der Waals surface area (Å²) in [5, 5.41) is 3.33. The van der Waals surface area contributed by atoms with Crippen LogP contribution in [0.1, 0.15) is 18.1 Å². The highest BCUT2D eigenvalue weighted by molar-refractivity contribution is 6.32. The van der Waals surface area contributed by atoms with Gasteiger partial charge in [-0.1, -0.05) is 35.9 Å². The molecule has 0 spiro atoms. The molecule has 0 saturated carbocycles. The number of rotatable bonds is 6. The zero-order chi connectivity index (χ0) is 18.4. The normalized spacial score (nSPS) is 11.6. The number of amides is 1. The van der Waals surface area contributed by atoms with E-state index in [9.17, 15) is 4.79 Å². The first-order chi connectivity index (χ1) is 12.6. The van der Waals surface area contributed by atoms with Crippen molar-refractivity contribution in [3.63, 3.8) is 0 Å². The van der Waals surface area contributed by atoms with E-state index in [1.165, 1.54) is 5.56 Å². The third-order valence-corrected chi connectivity index (χ3v) is 4.20. The quantitative estimate of drug-likeness (QED) is 0.686. The second-order valence-corrected chi connectivity index (χ2v) is 6.32. The number of carbonyl (C=O) groups excluding carboxylic acids is 1. The number of hydrogen-bond donors (Lipinski definition) is 1. The summed E-state index contributed by atoms with van der Waals surface area (Å²) in [6, 6.07) is 18.8. The molecule has 0 saturated heterocycles. The zero-order valence-corrected chi connectivity index (χ0v) is 15.1. The van der Waals surface area contributed by atoms with Crippen LogP contribution in [0.3, 0.4) is 0 Å². The van der Waals surface area contributed by atoms with Crippen molar-refractivity contribution in [1.29, 1.82) is 0 Å². The molecular weight excluding hydrogens is 348 g/mol. The Morgan fingerprint density at radius 3 is 2.38 bits per heavy atom. The number of ether oxygens (including phenoxy) is 1. The number of pyridine rings is 1. The minimum atomic E-state index is -0.661. The summed E-state index contributed by atoms with van der Waals surface area (Å²) in [5.74, 6) is 0.260. The highest BCUT2D eigenvalue weighted by atomic mass is 35.5. The molecule has 0 aliphatic carbocycles. The zero-order valence-electron chi connectivity index (χ0n) is 14.4. The summed E-state index contributed by atoms with van der Waals surface area (Å²) in [5.41, 5.74) is 3.08. The van der Waals surface area contributed by atoms with Crippen LogP contribution in [0.4, 0.5) is 5.69 Å². The van der Waals surface area contributed by atoms with E-state index in [1.54, 1.807) is 31.5 Å². The Labute approximate surface area is 157 Å². The van der Waals surface area contributed by atoms with Crippen molar-refractivity contribution in [3.05, 3.63) is 89.2 Å². The van der Waals surface area contributed by atoms with Crippen molar-refractivity contribution in [2.24, 2.45) is 0 Å². The van der Waals surface area contributed by atoms with Crippen molar-refractivity contribution < 1.29 is 9.53 Å². The van der Waals surface area contributed by atoms with Gasteiger partial charge in [-0.05, 0) is 60.9 Å². The monoisotopic (exact) mass is 366 g/mol. The lowest BCUT2D eigenvalue weighted by molar-refractivity contribution is -0.122. The lowest BCUT2D eigenvalue weighted by atomic mass is 10.1. The van der Waals surface area contributed by atoms with E-state index in [0.29, 0.717) is 10.8 Å². The van der Waals surface area contributed by atoms with Crippen molar-refractivity contribution in [2.45, 2.75) is 19.4 Å². The molecule has 0 unspecified atom stereocenters. The van der Waals surface area contributed by atoms with Crippen molar-refractivity contribution in [1.82, 2.24) is 4.98 Å². The van der Waals surface area contributed by atoms with Crippen LogP contribution in [-0.4, -0.2) is 17.0 Å². The topological polar surface area (TPSA) is 51.2 Å². The number of aromatic nitrogens is 1. The summed E-state index contributed by atoms with van der Waals surface area (Å²) in [4.78, 5) is 16.3. The van der Waals surface area contributed by atoms with Gasteiger partial charge in [-0.15, -0.1) is 0 Å². The van der Waals surface area contributed by atoms with Crippen LogP contribution in [0.25, 0.3) is 0 Å². The number of carbonyl (C=O) groups is 1. The van der Waals surface area contributed by atoms with E-state index in [-0.39, 0.29) is 5.91 Å². The highest BCUT2D eigenvalue weighted by Gasteiger charge is 2.16. The van der Waals surface area contributed by atoms with Gasteiger partial charge in [-0.3, -0.25) is 9.78 Å². The van der Waals surface area contributed by atoms with Crippen molar-refractivity contribution >= 4 is 23.2 Å². The molecule has 1 atom stereocenters. The van der Waals surface area contributed by atoms with E-state index in [2.05, 4.69) is 10.3 Å². The average molecular weight is 367 g/mol. The van der Waals surface area contributed by atoms with Gasteiger partial charge in [-0.2, -0.15) is 0 Å². The number of anilines is 1. The van der Waals surface area contributed by atoms with Gasteiger partial charge in [0.25, 0.3) is 5.91 Å². The molecule has 26 heavy (non-hydrogen) atoms. The standard InChI is InChI=1S/C21H19ClN2O2/c1-15(26-20-5-3-2-4-19(20)22)21(25)24-18-8-6-16(7-9-18)14-17-10-12-23-13-11-17/h2-13,15H,14H2,1H3,(H,24,25)/t15-/m0/s1. The van der Waals surface area contributed by atoms with E-state index < -0.39 is 6.10 Å². The second kappa shape index (κ2) is 8.50. The van der Waals surface area contributed by atoms with E-state index >= 15 is 0 Å². The molecule has 4 nitrogen and oxygen atoms in total. The maximum atomic E-state index is 12.3. The Morgan fingerprint density at radius 1 is 1.04 bits per heavy atom. The van der Waals surface area contributed by atoms with E-state index in [4.69, 9.17) is 16.3 Å². The molecule has 0 aliphatic heterocycles. The molecule has 1 amide bonds. The largest absolute Gasteiger partial charge is 0.479 e. The van der Waals surface area contributed by atoms with Crippen molar-refractivity contribution in [3.8, 4) is 5.75 Å². The molecule has 0 radical (unpaired) electrons. The molecule has 0 aliphatic rings. The molecule has 0 bridgehead atoms. The van der Waals surface area contributed by atoms with E-state index in [0.717, 1.165) is 17.7 Å². The predicted octanol–water partition coefficient (Wildman–Crippen LogP) is 4.73. The van der Waals surface area contributed by atoms with Crippen LogP contribution in [0.2, 0.25) is 5.02 Å². The van der Waals surface area contributed by atoms with Gasteiger partial charge < -0.3 is 10.1 Å². The van der Waals surface area contributed by atoms with Crippen LogP contribution in [-0.2, 0) is 11.2 Å². The maximum Gasteiger partial charge on any atom is 0.265 e. The predicted molar refractivity (Wildman–Crippen MR) is 104 cm³/mol. The van der Waals surface area contributed by atoms with Gasteiger partial charge >= 0.3 is 0 Å². The maximum absolute atomic E-state index is 12.3. The third-order valence-electron chi connectivity index (χ3n) is 3.89. The number of halogens is 1. The summed E-state index contributed by atoms with van der Waals surface area (Å²) in [7, 11) is 0. The summed E-state index contributed by atoms with van der Waals surface area (Å²) >= 11 is 6.06. The minimum absolute atomic E-state index is 0.230. The Morgan fingerprint density at radius 2 is 1.69 bits per heavy atom. The van der Waals surface area contributed by atoms with Crippen LogP contribution in [0, 0.1) is 0 Å². The molecule has 1 heterocycles. The smallest absolute Gasteiger partial charge is 0.265 e. The summed E-state index contributed by atoms with van der Waals surface area (Å²) in [6.07, 6.45) is 3.73. The number of nitrogens with one attached hydrogen (secondary N) is 1. The molecule has 5 heteroatoms. The Kier molecular flexibility index (Phi) is 5.87. The van der Waals surface area contributed by atoms with Gasteiger partial charge in [0.05, 0.1) is 5.02 Å². The molecule has 1 N–H and O–H groups in total. The Balaban J connectivity index is 1.58. The SMILES string of the molecule is C[C@H](Oc1ccccc1Cl)C(=O)Nc1ccc(Cc2ccncc2)cc1. The first kappa shape index (κ1) is 18.0. The molecular formula is C21H19ClN2O2. The highest BCUT2D eigenvalue weighted by Crippen LogP contribution is 2.24. The van der Waals surface area contributed by atoms with Crippen LogP contribution in [0.5, 0.6) is 5.75 Å². The lowest BCUT2D eigenvalue weighted by Crippen LogP contribution is -2.30. The van der Waals surface area contributed by atoms with Gasteiger partial charge in [0.2, 0.25) is 0 Å². The van der Waals surface area contributed by atoms with Gasteiger partial charge in [0.15, 0.2) is 6.10 Å². The van der Waals surface area contributed by atoms with Crippen LogP contribution >= 0.6 is 11.6 Å². The third kappa shape index (κ3) is 4.83. The number of benzene rings is 2. The number of hydrogen-bond acceptors (Lipinski definition) is 3. The van der Waals surface area contributed by atoms with E-state index in [1.807, 2.05) is 48.5 Å². The van der Waals surface area contributed by atoms with Gasteiger partial charge in [-0.25, -0.2) is 0 Å². The fourth-order valence-corrected chi connectivity index (χ4v) is 2.65. The second-order valence-electron chi connectivity index (χ2n) is 5.91. The molecule has 3 aromatic rings. The fraction of sp³-hybridized carbons (Fsp3) is 0.143. The molecule has 0 fully saturated rings. The lowest BCUT2D eigenvalue weighted by Gasteiger charge is -2.15.